The van der Waals surface area contributed by atoms with E-state index in [1.165, 1.54) is 4.31 Å². The minimum Gasteiger partial charge on any atom is -0.399 e. The van der Waals surface area contributed by atoms with E-state index in [2.05, 4.69) is 31.9 Å². The molecule has 1 heterocycles. The van der Waals surface area contributed by atoms with Crippen LogP contribution in [-0.4, -0.2) is 37.0 Å². The van der Waals surface area contributed by atoms with Gasteiger partial charge in [0.15, 0.2) is 0 Å². The quantitative estimate of drug-likeness (QED) is 0.739. The van der Waals surface area contributed by atoms with Crippen LogP contribution in [0.1, 0.15) is 6.42 Å². The van der Waals surface area contributed by atoms with Crippen molar-refractivity contribution in [2.24, 2.45) is 0 Å². The third-order valence-electron chi connectivity index (χ3n) is 2.74. The monoisotopic (exact) mass is 398 g/mol. The highest BCUT2D eigenvalue weighted by Crippen LogP contribution is 2.35. The summed E-state index contributed by atoms with van der Waals surface area (Å²) in [7, 11) is -3.63. The van der Waals surface area contributed by atoms with Gasteiger partial charge in [-0.1, -0.05) is 0 Å². The second-order valence-corrected chi connectivity index (χ2v) is 7.70. The number of hydrogen-bond donors (Lipinski definition) is 2. The third kappa shape index (κ3) is 2.57. The number of nitrogens with two attached hydrogens (primary N) is 1. The second-order valence-electron chi connectivity index (χ2n) is 4.12. The van der Waals surface area contributed by atoms with E-state index in [1.54, 1.807) is 12.1 Å². The van der Waals surface area contributed by atoms with Crippen LogP contribution >= 0.6 is 31.9 Å². The largest absolute Gasteiger partial charge is 0.399 e. The van der Waals surface area contributed by atoms with Gasteiger partial charge in [0.1, 0.15) is 4.90 Å². The van der Waals surface area contributed by atoms with Crippen molar-refractivity contribution < 1.29 is 13.5 Å². The van der Waals surface area contributed by atoms with Gasteiger partial charge in [-0.15, -0.1) is 0 Å². The standard InChI is InChI=1S/C10H12Br2N2O3S/c11-8-3-6(13)4-9(12)10(8)18(16,17)14-2-1-7(15)5-14/h3-4,7,15H,1-2,5,13H2/t7-/m1/s1. The van der Waals surface area contributed by atoms with Crippen molar-refractivity contribution in [3.8, 4) is 0 Å². The number of benzene rings is 1. The molecule has 1 aliphatic heterocycles. The number of anilines is 1. The smallest absolute Gasteiger partial charge is 0.245 e. The molecule has 0 unspecified atom stereocenters. The highest BCUT2D eigenvalue weighted by atomic mass is 79.9. The number of halogens is 2. The predicted octanol–water partition coefficient (Wildman–Crippen LogP) is 1.55. The molecule has 0 aromatic heterocycles. The number of aliphatic hydroxyl groups excluding tert-OH is 1. The summed E-state index contributed by atoms with van der Waals surface area (Å²) in [6, 6.07) is 3.09. The summed E-state index contributed by atoms with van der Waals surface area (Å²) in [5.74, 6) is 0. The van der Waals surface area contributed by atoms with Gasteiger partial charge in [-0.05, 0) is 50.4 Å². The maximum absolute atomic E-state index is 12.4. The van der Waals surface area contributed by atoms with E-state index >= 15 is 0 Å². The molecule has 0 aliphatic carbocycles. The molecule has 0 spiro atoms. The number of β-amino-alcohol motifs (C(OH)–C–C–N with tert-alkyl or cyclic N) is 1. The van der Waals surface area contributed by atoms with E-state index in [9.17, 15) is 13.5 Å². The summed E-state index contributed by atoms with van der Waals surface area (Å²) in [6.45, 7) is 0.457. The summed E-state index contributed by atoms with van der Waals surface area (Å²) in [5, 5.41) is 9.44. The molecule has 100 valence electrons. The first-order chi connectivity index (χ1) is 8.32. The lowest BCUT2D eigenvalue weighted by Gasteiger charge is -2.18. The highest BCUT2D eigenvalue weighted by Gasteiger charge is 2.34. The first kappa shape index (κ1) is 14.3. The number of aliphatic hydroxyl groups is 1. The normalized spacial score (nSPS) is 21.4. The highest BCUT2D eigenvalue weighted by molar-refractivity contribution is 9.11. The number of nitrogen functional groups attached to an aromatic ring is 1. The van der Waals surface area contributed by atoms with Crippen LogP contribution < -0.4 is 5.73 Å². The molecule has 0 saturated carbocycles. The molecular formula is C10H12Br2N2O3S. The van der Waals surface area contributed by atoms with E-state index in [4.69, 9.17) is 5.73 Å². The molecule has 0 amide bonds. The zero-order valence-corrected chi connectivity index (χ0v) is 13.3. The molecule has 1 saturated heterocycles. The number of sulfonamides is 1. The summed E-state index contributed by atoms with van der Waals surface area (Å²) in [6.07, 6.45) is -0.130. The minimum atomic E-state index is -3.63. The van der Waals surface area contributed by atoms with Crippen LogP contribution in [-0.2, 0) is 10.0 Å². The first-order valence-corrected chi connectivity index (χ1v) is 8.27. The van der Waals surface area contributed by atoms with Gasteiger partial charge in [0.2, 0.25) is 10.0 Å². The Kier molecular flexibility index (Phi) is 4.03. The fourth-order valence-corrected chi connectivity index (χ4v) is 5.92. The molecular weight excluding hydrogens is 388 g/mol. The lowest BCUT2D eigenvalue weighted by atomic mass is 10.3. The van der Waals surface area contributed by atoms with Crippen molar-refractivity contribution in [1.82, 2.24) is 4.31 Å². The Labute approximate surface area is 122 Å². The molecule has 1 aromatic rings. The fraction of sp³-hybridized carbons (Fsp3) is 0.400. The van der Waals surface area contributed by atoms with E-state index < -0.39 is 16.1 Å². The molecule has 8 heteroatoms. The van der Waals surface area contributed by atoms with Crippen LogP contribution in [0.2, 0.25) is 0 Å². The van der Waals surface area contributed by atoms with Gasteiger partial charge in [-0.25, -0.2) is 8.42 Å². The topological polar surface area (TPSA) is 83.6 Å². The van der Waals surface area contributed by atoms with Crippen LogP contribution in [0, 0.1) is 0 Å². The first-order valence-electron chi connectivity index (χ1n) is 5.25. The van der Waals surface area contributed by atoms with E-state index in [-0.39, 0.29) is 11.4 Å². The van der Waals surface area contributed by atoms with E-state index in [1.807, 2.05) is 0 Å². The fourth-order valence-electron chi connectivity index (χ4n) is 1.88. The number of hydrogen-bond acceptors (Lipinski definition) is 4. The maximum atomic E-state index is 12.4. The maximum Gasteiger partial charge on any atom is 0.245 e. The summed E-state index contributed by atoms with van der Waals surface area (Å²) < 4.78 is 27.0. The Balaban J connectivity index is 2.48. The Bertz CT molecular complexity index is 553. The van der Waals surface area contributed by atoms with Gasteiger partial charge < -0.3 is 10.8 Å². The van der Waals surface area contributed by atoms with Gasteiger partial charge in [0.25, 0.3) is 0 Å². The van der Waals surface area contributed by atoms with Crippen LogP contribution in [0.25, 0.3) is 0 Å². The Morgan fingerprint density at radius 3 is 2.33 bits per heavy atom. The minimum absolute atomic E-state index is 0.131. The predicted molar refractivity (Wildman–Crippen MR) is 75.6 cm³/mol. The van der Waals surface area contributed by atoms with Gasteiger partial charge in [-0.3, -0.25) is 0 Å². The SMILES string of the molecule is Nc1cc(Br)c(S(=O)(=O)N2CC[C@@H](O)C2)c(Br)c1. The van der Waals surface area contributed by atoms with Gasteiger partial charge in [0.05, 0.1) is 6.10 Å². The van der Waals surface area contributed by atoms with Crippen molar-refractivity contribution in [2.45, 2.75) is 17.4 Å². The van der Waals surface area contributed by atoms with E-state index in [0.29, 0.717) is 27.6 Å². The van der Waals surface area contributed by atoms with Crippen LogP contribution in [0.5, 0.6) is 0 Å². The molecule has 1 aromatic carbocycles. The van der Waals surface area contributed by atoms with Gasteiger partial charge in [0, 0.05) is 27.7 Å². The van der Waals surface area contributed by atoms with Crippen molar-refractivity contribution in [2.75, 3.05) is 18.8 Å². The van der Waals surface area contributed by atoms with Crippen molar-refractivity contribution in [3.05, 3.63) is 21.1 Å². The molecule has 0 radical (unpaired) electrons. The zero-order valence-electron chi connectivity index (χ0n) is 9.31. The Morgan fingerprint density at radius 1 is 1.33 bits per heavy atom. The third-order valence-corrected chi connectivity index (χ3v) is 6.49. The van der Waals surface area contributed by atoms with Crippen molar-refractivity contribution in [3.63, 3.8) is 0 Å². The molecule has 1 atom stereocenters. The molecule has 5 nitrogen and oxygen atoms in total. The van der Waals surface area contributed by atoms with Crippen molar-refractivity contribution in [1.29, 1.82) is 0 Å². The average Bonchev–Trinajstić information content (AvgIpc) is 2.63. The van der Waals surface area contributed by atoms with Gasteiger partial charge >= 0.3 is 0 Å². The Hall–Kier alpha value is -0.150. The lowest BCUT2D eigenvalue weighted by Crippen LogP contribution is -2.30. The van der Waals surface area contributed by atoms with Gasteiger partial charge in [-0.2, -0.15) is 4.31 Å². The summed E-state index contributed by atoms with van der Waals surface area (Å²) >= 11 is 6.44. The number of rotatable bonds is 2. The lowest BCUT2D eigenvalue weighted by molar-refractivity contribution is 0.189. The number of nitrogens with zero attached hydrogens (tertiary/aromatic N) is 1. The molecule has 1 fully saturated rings. The molecule has 1 aliphatic rings. The zero-order chi connectivity index (χ0) is 13.5. The van der Waals surface area contributed by atoms with E-state index in [0.717, 1.165) is 0 Å². The van der Waals surface area contributed by atoms with Crippen LogP contribution in [0.4, 0.5) is 5.69 Å². The van der Waals surface area contributed by atoms with Crippen LogP contribution in [0.15, 0.2) is 26.0 Å². The molecule has 18 heavy (non-hydrogen) atoms. The Morgan fingerprint density at radius 2 is 1.89 bits per heavy atom. The molecule has 0 bridgehead atoms. The average molecular weight is 400 g/mol. The summed E-state index contributed by atoms with van der Waals surface area (Å²) in [4.78, 5) is 0.144. The molecule has 2 rings (SSSR count). The molecule has 3 N–H and O–H groups in total. The van der Waals surface area contributed by atoms with Crippen LogP contribution in [0.3, 0.4) is 0 Å². The summed E-state index contributed by atoms with van der Waals surface area (Å²) in [5.41, 5.74) is 6.11. The van der Waals surface area contributed by atoms with Crippen molar-refractivity contribution >= 4 is 47.6 Å². The second kappa shape index (κ2) is 5.09.